The quantitative estimate of drug-likeness (QED) is 0.220. The van der Waals surface area contributed by atoms with Gasteiger partial charge in [0.2, 0.25) is 0 Å². The number of fused-ring (bicyclic) bond motifs is 13. The van der Waals surface area contributed by atoms with Crippen molar-refractivity contribution in [3.8, 4) is 16.8 Å². The monoisotopic (exact) mass is 483 g/mol. The lowest BCUT2D eigenvalue weighted by Crippen LogP contribution is -2.33. The average molecular weight is 484 g/mol. The molecule has 2 atom stereocenters. The van der Waals surface area contributed by atoms with E-state index in [-0.39, 0.29) is 5.41 Å². The Morgan fingerprint density at radius 2 is 1.11 bits per heavy atom. The predicted molar refractivity (Wildman–Crippen MR) is 157 cm³/mol. The van der Waals surface area contributed by atoms with Crippen LogP contribution in [-0.2, 0) is 5.41 Å². The van der Waals surface area contributed by atoms with Crippen LogP contribution in [0.2, 0.25) is 0 Å². The van der Waals surface area contributed by atoms with E-state index in [1.807, 2.05) is 0 Å². The third-order valence-electron chi connectivity index (χ3n) is 9.29. The van der Waals surface area contributed by atoms with Crippen molar-refractivity contribution in [2.75, 3.05) is 0 Å². The molecular weight excluding hydrogens is 458 g/mol. The summed E-state index contributed by atoms with van der Waals surface area (Å²) < 4.78 is 2.46. The highest BCUT2D eigenvalue weighted by Crippen LogP contribution is 2.65. The third kappa shape index (κ3) is 2.33. The number of hydrogen-bond acceptors (Lipinski definition) is 0. The van der Waals surface area contributed by atoms with Crippen LogP contribution < -0.4 is 0 Å². The SMILES string of the molecule is C1=CC2c3ccc(-n4c5ccccc5c5ccccc54)cc3C3(c4ccccc4-c4ccccc43)C2C=C1. The molecule has 178 valence electrons. The summed E-state index contributed by atoms with van der Waals surface area (Å²) >= 11 is 0. The minimum Gasteiger partial charge on any atom is -0.309 e. The first-order valence-corrected chi connectivity index (χ1v) is 13.5. The van der Waals surface area contributed by atoms with Crippen molar-refractivity contribution in [2.24, 2.45) is 5.92 Å². The highest BCUT2D eigenvalue weighted by Gasteiger charge is 2.56. The molecule has 0 N–H and O–H groups in total. The van der Waals surface area contributed by atoms with Crippen molar-refractivity contribution in [1.29, 1.82) is 0 Å². The van der Waals surface area contributed by atoms with Gasteiger partial charge in [-0.25, -0.2) is 0 Å². The molecule has 38 heavy (non-hydrogen) atoms. The number of benzene rings is 5. The first-order valence-electron chi connectivity index (χ1n) is 13.5. The Morgan fingerprint density at radius 3 is 1.79 bits per heavy atom. The number of rotatable bonds is 1. The van der Waals surface area contributed by atoms with E-state index in [4.69, 9.17) is 0 Å². The van der Waals surface area contributed by atoms with Gasteiger partial charge >= 0.3 is 0 Å². The van der Waals surface area contributed by atoms with Crippen LogP contribution in [0.5, 0.6) is 0 Å². The van der Waals surface area contributed by atoms with Crippen LogP contribution >= 0.6 is 0 Å². The number of para-hydroxylation sites is 2. The largest absolute Gasteiger partial charge is 0.309 e. The lowest BCUT2D eigenvalue weighted by molar-refractivity contribution is 0.465. The molecule has 1 nitrogen and oxygen atoms in total. The predicted octanol–water partition coefficient (Wildman–Crippen LogP) is 8.94. The Kier molecular flexibility index (Phi) is 3.89. The molecule has 9 rings (SSSR count). The second-order valence-corrected chi connectivity index (χ2v) is 10.9. The lowest BCUT2D eigenvalue weighted by Gasteiger charge is -2.36. The Morgan fingerprint density at radius 1 is 0.526 bits per heavy atom. The van der Waals surface area contributed by atoms with Crippen LogP contribution in [0.3, 0.4) is 0 Å². The van der Waals surface area contributed by atoms with Crippen molar-refractivity contribution in [3.63, 3.8) is 0 Å². The molecule has 0 bridgehead atoms. The second-order valence-electron chi connectivity index (χ2n) is 10.9. The normalized spacial score (nSPS) is 19.6. The molecule has 1 heteroatoms. The fourth-order valence-electron chi connectivity index (χ4n) is 7.93. The summed E-state index contributed by atoms with van der Waals surface area (Å²) in [5, 5.41) is 2.60. The van der Waals surface area contributed by atoms with E-state index in [0.29, 0.717) is 11.8 Å². The van der Waals surface area contributed by atoms with E-state index in [9.17, 15) is 0 Å². The number of allylic oxidation sites excluding steroid dienone is 4. The minimum atomic E-state index is -0.205. The number of hydrogen-bond donors (Lipinski definition) is 0. The molecule has 1 spiro atoms. The van der Waals surface area contributed by atoms with Crippen molar-refractivity contribution < 1.29 is 0 Å². The minimum absolute atomic E-state index is 0.205. The maximum absolute atomic E-state index is 2.51. The van der Waals surface area contributed by atoms with Crippen LogP contribution in [0, 0.1) is 5.92 Å². The maximum atomic E-state index is 2.51. The number of aromatic nitrogens is 1. The van der Waals surface area contributed by atoms with Gasteiger partial charge in [-0.3, -0.25) is 0 Å². The fourth-order valence-corrected chi connectivity index (χ4v) is 7.93. The molecule has 5 aromatic carbocycles. The van der Waals surface area contributed by atoms with Gasteiger partial charge in [0, 0.05) is 28.3 Å². The summed E-state index contributed by atoms with van der Waals surface area (Å²) in [5.74, 6) is 0.710. The molecule has 0 aliphatic heterocycles. The molecule has 6 aromatic rings. The summed E-state index contributed by atoms with van der Waals surface area (Å²) in [6.07, 6.45) is 9.37. The van der Waals surface area contributed by atoms with Gasteiger partial charge in [-0.15, -0.1) is 0 Å². The van der Waals surface area contributed by atoms with E-state index in [1.165, 1.54) is 60.9 Å². The third-order valence-corrected chi connectivity index (χ3v) is 9.29. The summed E-state index contributed by atoms with van der Waals surface area (Å²) in [7, 11) is 0. The standard InChI is InChI=1S/C37H25N/c1-6-16-31-25(11-1)26-12-2-7-17-32(26)37(31)33-18-8-3-13-27(33)28-22-21-24(23-34(28)37)38-35-19-9-4-14-29(35)30-15-5-10-20-36(30)38/h1-23,27,33H. The Bertz CT molecular complexity index is 1900. The van der Waals surface area contributed by atoms with Gasteiger partial charge in [0.15, 0.2) is 0 Å². The van der Waals surface area contributed by atoms with E-state index >= 15 is 0 Å². The highest BCUT2D eigenvalue weighted by molar-refractivity contribution is 6.09. The Balaban J connectivity index is 1.41. The smallest absolute Gasteiger partial charge is 0.0541 e. The Hall–Kier alpha value is -4.62. The Labute approximate surface area is 222 Å². The zero-order valence-corrected chi connectivity index (χ0v) is 20.9. The molecule has 0 fully saturated rings. The zero-order chi connectivity index (χ0) is 24.8. The maximum Gasteiger partial charge on any atom is 0.0541 e. The molecule has 1 heterocycles. The van der Waals surface area contributed by atoms with E-state index in [2.05, 4.69) is 144 Å². The van der Waals surface area contributed by atoms with Crippen molar-refractivity contribution in [3.05, 3.63) is 162 Å². The first-order chi connectivity index (χ1) is 18.9. The van der Waals surface area contributed by atoms with Gasteiger partial charge < -0.3 is 4.57 Å². The number of nitrogens with zero attached hydrogens (tertiary/aromatic N) is 1. The van der Waals surface area contributed by atoms with Crippen molar-refractivity contribution in [1.82, 2.24) is 4.57 Å². The van der Waals surface area contributed by atoms with Crippen LogP contribution in [0.25, 0.3) is 38.6 Å². The summed E-state index contributed by atoms with van der Waals surface area (Å²) in [5.41, 5.74) is 12.1. The van der Waals surface area contributed by atoms with Gasteiger partial charge in [-0.05, 0) is 57.6 Å². The van der Waals surface area contributed by atoms with Gasteiger partial charge in [-0.2, -0.15) is 0 Å². The molecule has 3 aliphatic carbocycles. The van der Waals surface area contributed by atoms with E-state index < -0.39 is 0 Å². The highest BCUT2D eigenvalue weighted by atomic mass is 15.0. The van der Waals surface area contributed by atoms with Gasteiger partial charge in [0.1, 0.15) is 0 Å². The van der Waals surface area contributed by atoms with Gasteiger partial charge in [0.05, 0.1) is 16.4 Å². The topological polar surface area (TPSA) is 4.93 Å². The molecule has 3 aliphatic rings. The summed E-state index contributed by atoms with van der Waals surface area (Å²) in [6, 6.07) is 43.1. The molecule has 0 radical (unpaired) electrons. The van der Waals surface area contributed by atoms with E-state index in [0.717, 1.165) is 0 Å². The summed E-state index contributed by atoms with van der Waals surface area (Å²) in [4.78, 5) is 0. The second kappa shape index (κ2) is 7.24. The average Bonchev–Trinajstić information content (AvgIpc) is 3.59. The molecular formula is C37H25N. The molecule has 0 saturated heterocycles. The first kappa shape index (κ1) is 20.4. The zero-order valence-electron chi connectivity index (χ0n) is 20.9. The van der Waals surface area contributed by atoms with Crippen molar-refractivity contribution in [2.45, 2.75) is 11.3 Å². The molecule has 0 amide bonds. The van der Waals surface area contributed by atoms with Crippen LogP contribution in [0.15, 0.2) is 140 Å². The fraction of sp³-hybridized carbons (Fsp3) is 0.0811. The van der Waals surface area contributed by atoms with E-state index in [1.54, 1.807) is 0 Å². The van der Waals surface area contributed by atoms with Crippen LogP contribution in [0.1, 0.15) is 28.2 Å². The van der Waals surface area contributed by atoms with Crippen LogP contribution in [0.4, 0.5) is 0 Å². The summed E-state index contributed by atoms with van der Waals surface area (Å²) in [6.45, 7) is 0. The van der Waals surface area contributed by atoms with Crippen molar-refractivity contribution >= 4 is 21.8 Å². The van der Waals surface area contributed by atoms with Gasteiger partial charge in [0.25, 0.3) is 0 Å². The molecule has 0 saturated carbocycles. The molecule has 1 aromatic heterocycles. The molecule has 2 unspecified atom stereocenters. The lowest BCUT2D eigenvalue weighted by atomic mass is 9.65. The van der Waals surface area contributed by atoms with Crippen LogP contribution in [-0.4, -0.2) is 4.57 Å². The van der Waals surface area contributed by atoms with Gasteiger partial charge in [-0.1, -0.05) is 115 Å².